The normalized spacial score (nSPS) is 38.7. The number of amides is 1. The summed E-state index contributed by atoms with van der Waals surface area (Å²) < 4.78 is 53.1. The van der Waals surface area contributed by atoms with Crippen LogP contribution in [0, 0.1) is 11.3 Å². The summed E-state index contributed by atoms with van der Waals surface area (Å²) in [5.74, 6) is -1.01. The summed E-state index contributed by atoms with van der Waals surface area (Å²) in [6, 6.07) is 1.56. The maximum atomic E-state index is 15.1. The Bertz CT molecular complexity index is 866. The van der Waals surface area contributed by atoms with E-state index in [0.29, 0.717) is 29.8 Å². The smallest absolute Gasteiger partial charge is 0.231 e. The lowest BCUT2D eigenvalue weighted by Gasteiger charge is -2.60. The van der Waals surface area contributed by atoms with Crippen LogP contribution in [0.3, 0.4) is 0 Å². The molecule has 0 radical (unpaired) electrons. The zero-order chi connectivity index (χ0) is 19.7. The Morgan fingerprint density at radius 3 is 2.48 bits per heavy atom. The largest absolute Gasteiger partial charge is 0.387 e. The number of rotatable bonds is 5. The zero-order valence-electron chi connectivity index (χ0n) is 15.0. The molecule has 4 aliphatic rings. The minimum atomic E-state index is -3.40. The Morgan fingerprint density at radius 1 is 1.30 bits per heavy atom. The lowest BCUT2D eigenvalue weighted by molar-refractivity contribution is -0.182. The summed E-state index contributed by atoms with van der Waals surface area (Å²) in [7, 11) is -3.40. The molecule has 4 saturated carbocycles. The van der Waals surface area contributed by atoms with E-state index in [0.717, 1.165) is 17.6 Å². The van der Waals surface area contributed by atoms with Crippen molar-refractivity contribution >= 4 is 32.1 Å². The van der Waals surface area contributed by atoms with Crippen LogP contribution in [0.4, 0.5) is 13.8 Å². The van der Waals surface area contributed by atoms with Gasteiger partial charge in [0.15, 0.2) is 0 Å². The van der Waals surface area contributed by atoms with Gasteiger partial charge in [-0.1, -0.05) is 0 Å². The maximum absolute atomic E-state index is 15.1. The van der Waals surface area contributed by atoms with Crippen molar-refractivity contribution in [3.8, 4) is 0 Å². The standard InChI is InChI=1S/C18H23F2NO4S2/c1-27(24,25)7-13(22)12-2-3-26-14(12)21-15(23)16-4-11-5-17(19,8-16)10-18(20,6-11)9-16/h2-3,11,13,22H,4-10H2,1H3,(H,21,23). The third-order valence-electron chi connectivity index (χ3n) is 6.16. The molecule has 0 spiro atoms. The Labute approximate surface area is 161 Å². The number of carbonyl (C=O) groups excluding carboxylic acids is 1. The Hall–Kier alpha value is -1.06. The van der Waals surface area contributed by atoms with Gasteiger partial charge in [0.2, 0.25) is 5.91 Å². The molecule has 5 nitrogen and oxygen atoms in total. The first-order chi connectivity index (χ1) is 12.4. The second-order valence-electron chi connectivity index (χ2n) is 8.86. The third kappa shape index (κ3) is 3.53. The second-order valence-corrected chi connectivity index (χ2v) is 12.0. The monoisotopic (exact) mass is 419 g/mol. The van der Waals surface area contributed by atoms with E-state index in [1.165, 1.54) is 0 Å². The summed E-state index contributed by atoms with van der Waals surface area (Å²) in [6.07, 6.45) is 0.818. The van der Waals surface area contributed by atoms with Gasteiger partial charge in [0.1, 0.15) is 26.2 Å². The highest BCUT2D eigenvalue weighted by molar-refractivity contribution is 7.90. The molecule has 3 unspecified atom stereocenters. The lowest BCUT2D eigenvalue weighted by Crippen LogP contribution is -2.63. The van der Waals surface area contributed by atoms with Crippen molar-refractivity contribution < 1.29 is 27.1 Å². The molecule has 3 atom stereocenters. The molecule has 1 aromatic rings. The molecular weight excluding hydrogens is 396 g/mol. The second kappa shape index (κ2) is 5.97. The van der Waals surface area contributed by atoms with Crippen molar-refractivity contribution in [2.45, 2.75) is 56.0 Å². The van der Waals surface area contributed by atoms with Crippen LogP contribution in [0.15, 0.2) is 11.4 Å². The van der Waals surface area contributed by atoms with E-state index in [1.807, 2.05) is 0 Å². The molecule has 0 aliphatic heterocycles. The first-order valence-electron chi connectivity index (χ1n) is 9.04. The lowest BCUT2D eigenvalue weighted by atomic mass is 9.47. The maximum Gasteiger partial charge on any atom is 0.231 e. The molecule has 1 amide bonds. The SMILES string of the molecule is CS(=O)(=O)CC(O)c1ccsc1NC(=O)C12CC3CC(F)(CC(F)(C3)C1)C2. The first-order valence-corrected chi connectivity index (χ1v) is 12.0. The molecule has 0 saturated heterocycles. The molecule has 9 heteroatoms. The van der Waals surface area contributed by atoms with E-state index in [1.54, 1.807) is 11.4 Å². The van der Waals surface area contributed by atoms with Gasteiger partial charge in [-0.05, 0) is 49.5 Å². The Balaban J connectivity index is 1.57. The van der Waals surface area contributed by atoms with Crippen LogP contribution in [0.25, 0.3) is 0 Å². The summed E-state index contributed by atoms with van der Waals surface area (Å²) in [5, 5.41) is 14.9. The highest BCUT2D eigenvalue weighted by Gasteiger charge is 2.67. The van der Waals surface area contributed by atoms with Gasteiger partial charge in [0, 0.05) is 18.2 Å². The van der Waals surface area contributed by atoms with E-state index < -0.39 is 44.4 Å². The number of aliphatic hydroxyl groups excluding tert-OH is 1. The summed E-state index contributed by atoms with van der Waals surface area (Å²) in [4.78, 5) is 13.1. The van der Waals surface area contributed by atoms with Gasteiger partial charge in [-0.3, -0.25) is 4.79 Å². The van der Waals surface area contributed by atoms with Crippen molar-refractivity contribution in [3.63, 3.8) is 0 Å². The fraction of sp³-hybridized carbons (Fsp3) is 0.722. The first kappa shape index (κ1) is 19.3. The van der Waals surface area contributed by atoms with Crippen LogP contribution in [0.1, 0.15) is 50.2 Å². The van der Waals surface area contributed by atoms with Crippen molar-refractivity contribution in [1.82, 2.24) is 0 Å². The third-order valence-corrected chi connectivity index (χ3v) is 7.92. The number of nitrogens with one attached hydrogen (secondary N) is 1. The quantitative estimate of drug-likeness (QED) is 0.768. The van der Waals surface area contributed by atoms with Crippen molar-refractivity contribution in [2.24, 2.45) is 11.3 Å². The minimum Gasteiger partial charge on any atom is -0.387 e. The van der Waals surface area contributed by atoms with E-state index in [9.17, 15) is 18.3 Å². The van der Waals surface area contributed by atoms with E-state index in [4.69, 9.17) is 0 Å². The topological polar surface area (TPSA) is 83.5 Å². The predicted molar refractivity (Wildman–Crippen MR) is 98.9 cm³/mol. The number of halogens is 2. The predicted octanol–water partition coefficient (Wildman–Crippen LogP) is 3.17. The molecule has 5 rings (SSSR count). The average molecular weight is 420 g/mol. The number of hydrogen-bond acceptors (Lipinski definition) is 5. The molecule has 0 aromatic carbocycles. The van der Waals surface area contributed by atoms with Gasteiger partial charge in [0.05, 0.1) is 17.3 Å². The van der Waals surface area contributed by atoms with Crippen molar-refractivity contribution in [2.75, 3.05) is 17.3 Å². The fourth-order valence-corrected chi connectivity index (χ4v) is 7.35. The Kier molecular flexibility index (Phi) is 4.26. The highest BCUT2D eigenvalue weighted by atomic mass is 32.2. The Morgan fingerprint density at radius 2 is 1.93 bits per heavy atom. The number of hydrogen-bond donors (Lipinski definition) is 2. The van der Waals surface area contributed by atoms with Crippen molar-refractivity contribution in [3.05, 3.63) is 17.0 Å². The minimum absolute atomic E-state index is 0.0284. The van der Waals surface area contributed by atoms with Gasteiger partial charge in [0.25, 0.3) is 0 Å². The van der Waals surface area contributed by atoms with Crippen LogP contribution in [-0.2, 0) is 14.6 Å². The number of alkyl halides is 2. The van der Waals surface area contributed by atoms with Crippen molar-refractivity contribution in [1.29, 1.82) is 0 Å². The molecule has 4 bridgehead atoms. The van der Waals surface area contributed by atoms with Crippen LogP contribution >= 0.6 is 11.3 Å². The van der Waals surface area contributed by atoms with Crippen LogP contribution in [0.5, 0.6) is 0 Å². The molecule has 2 N–H and O–H groups in total. The van der Waals surface area contributed by atoms with Gasteiger partial charge in [-0.2, -0.15) is 0 Å². The molecule has 150 valence electrons. The summed E-state index contributed by atoms with van der Waals surface area (Å²) in [6.45, 7) is 0. The molecule has 1 aromatic heterocycles. The summed E-state index contributed by atoms with van der Waals surface area (Å²) in [5.41, 5.74) is -4.01. The highest BCUT2D eigenvalue weighted by Crippen LogP contribution is 2.65. The van der Waals surface area contributed by atoms with E-state index in [2.05, 4.69) is 5.32 Å². The zero-order valence-corrected chi connectivity index (χ0v) is 16.6. The number of carbonyl (C=O) groups is 1. The molecular formula is C18H23F2NO4S2. The van der Waals surface area contributed by atoms with Gasteiger partial charge < -0.3 is 10.4 Å². The van der Waals surface area contributed by atoms with Gasteiger partial charge in [-0.15, -0.1) is 11.3 Å². The summed E-state index contributed by atoms with van der Waals surface area (Å²) >= 11 is 1.16. The number of sulfone groups is 1. The number of thiophene rings is 1. The van der Waals surface area contributed by atoms with Crippen LogP contribution in [-0.4, -0.2) is 42.8 Å². The van der Waals surface area contributed by atoms with Gasteiger partial charge >= 0.3 is 0 Å². The molecule has 1 heterocycles. The number of anilines is 1. The van der Waals surface area contributed by atoms with E-state index in [-0.39, 0.29) is 25.2 Å². The average Bonchev–Trinajstić information content (AvgIpc) is 2.89. The van der Waals surface area contributed by atoms with E-state index >= 15 is 8.78 Å². The molecule has 4 aliphatic carbocycles. The molecule has 27 heavy (non-hydrogen) atoms. The van der Waals surface area contributed by atoms with Gasteiger partial charge in [-0.25, -0.2) is 17.2 Å². The fourth-order valence-electron chi connectivity index (χ4n) is 5.75. The number of aliphatic hydroxyl groups is 1. The van der Waals surface area contributed by atoms with Crippen LogP contribution < -0.4 is 5.32 Å². The van der Waals surface area contributed by atoms with Crippen LogP contribution in [0.2, 0.25) is 0 Å². The molecule has 4 fully saturated rings.